The third-order valence-corrected chi connectivity index (χ3v) is 1.90. The Bertz CT molecular complexity index is 465. The van der Waals surface area contributed by atoms with Gasteiger partial charge in [0.15, 0.2) is 6.29 Å². The fraction of sp³-hybridized carbons (Fsp3) is 0.100. The normalized spacial score (nSPS) is 10.2. The Morgan fingerprint density at radius 3 is 2.92 bits per heavy atom. The van der Waals surface area contributed by atoms with Crippen LogP contribution in [0.2, 0.25) is 0 Å². The van der Waals surface area contributed by atoms with Crippen LogP contribution in [-0.4, -0.2) is 16.3 Å². The van der Waals surface area contributed by atoms with E-state index in [9.17, 15) is 4.79 Å². The first-order valence-electron chi connectivity index (χ1n) is 3.99. The summed E-state index contributed by atoms with van der Waals surface area (Å²) in [5.41, 5.74) is 2.21. The van der Waals surface area contributed by atoms with Crippen molar-refractivity contribution < 1.29 is 4.79 Å². The first-order valence-corrected chi connectivity index (χ1v) is 3.99. The van der Waals surface area contributed by atoms with Crippen molar-refractivity contribution in [3.05, 3.63) is 35.8 Å². The van der Waals surface area contributed by atoms with Gasteiger partial charge in [0.2, 0.25) is 0 Å². The van der Waals surface area contributed by atoms with E-state index in [2.05, 4.69) is 9.97 Å². The van der Waals surface area contributed by atoms with Crippen molar-refractivity contribution in [2.75, 3.05) is 0 Å². The lowest BCUT2D eigenvalue weighted by Crippen LogP contribution is -1.91. The Morgan fingerprint density at radius 1 is 1.31 bits per heavy atom. The molecule has 0 amide bonds. The molecule has 0 atom stereocenters. The minimum absolute atomic E-state index is 0.449. The first-order chi connectivity index (χ1) is 6.31. The monoisotopic (exact) mass is 172 g/mol. The molecule has 0 aliphatic carbocycles. The molecule has 13 heavy (non-hydrogen) atoms. The van der Waals surface area contributed by atoms with E-state index in [1.165, 1.54) is 0 Å². The number of rotatable bonds is 1. The Balaban J connectivity index is 2.84. The molecule has 2 aromatic rings. The van der Waals surface area contributed by atoms with E-state index in [1.807, 2.05) is 19.1 Å². The van der Waals surface area contributed by atoms with Gasteiger partial charge in [0, 0.05) is 17.3 Å². The van der Waals surface area contributed by atoms with Crippen LogP contribution in [-0.2, 0) is 0 Å². The molecular formula is C10H8N2O. The number of hydrogen-bond donors (Lipinski definition) is 0. The van der Waals surface area contributed by atoms with Gasteiger partial charge >= 0.3 is 0 Å². The van der Waals surface area contributed by atoms with E-state index >= 15 is 0 Å². The maximum absolute atomic E-state index is 10.6. The van der Waals surface area contributed by atoms with Gasteiger partial charge in [0.1, 0.15) is 5.69 Å². The number of hydrogen-bond acceptors (Lipinski definition) is 3. The van der Waals surface area contributed by atoms with Crippen molar-refractivity contribution >= 4 is 17.2 Å². The van der Waals surface area contributed by atoms with Crippen LogP contribution < -0.4 is 0 Å². The van der Waals surface area contributed by atoms with Crippen molar-refractivity contribution in [3.8, 4) is 0 Å². The lowest BCUT2D eigenvalue weighted by Gasteiger charge is -1.99. The first kappa shape index (κ1) is 7.86. The number of aldehydes is 1. The molecule has 0 fully saturated rings. The molecule has 0 aliphatic rings. The quantitative estimate of drug-likeness (QED) is 0.615. The molecule has 0 radical (unpaired) electrons. The second-order valence-electron chi connectivity index (χ2n) is 2.83. The average molecular weight is 172 g/mol. The minimum atomic E-state index is 0.449. The minimum Gasteiger partial charge on any atom is -0.296 e. The smallest absolute Gasteiger partial charge is 0.169 e. The molecule has 0 bridgehead atoms. The summed E-state index contributed by atoms with van der Waals surface area (Å²) in [6.45, 7) is 1.92. The topological polar surface area (TPSA) is 42.9 Å². The van der Waals surface area contributed by atoms with Crippen LogP contribution in [0.25, 0.3) is 10.9 Å². The highest BCUT2D eigenvalue weighted by Crippen LogP contribution is 2.13. The third-order valence-electron chi connectivity index (χ3n) is 1.90. The van der Waals surface area contributed by atoms with E-state index in [0.29, 0.717) is 5.69 Å². The summed E-state index contributed by atoms with van der Waals surface area (Å²) in [5, 5.41) is 0.808. The number of nitrogens with zero attached hydrogens (tertiary/aromatic N) is 2. The van der Waals surface area contributed by atoms with Crippen molar-refractivity contribution in [3.63, 3.8) is 0 Å². The Morgan fingerprint density at radius 2 is 2.15 bits per heavy atom. The van der Waals surface area contributed by atoms with E-state index in [4.69, 9.17) is 0 Å². The zero-order chi connectivity index (χ0) is 9.26. The van der Waals surface area contributed by atoms with Crippen LogP contribution >= 0.6 is 0 Å². The van der Waals surface area contributed by atoms with Crippen molar-refractivity contribution in [1.29, 1.82) is 0 Å². The van der Waals surface area contributed by atoms with E-state index in [-0.39, 0.29) is 0 Å². The molecule has 0 unspecified atom stereocenters. The molecule has 0 saturated carbocycles. The van der Waals surface area contributed by atoms with Gasteiger partial charge in [-0.3, -0.25) is 14.8 Å². The molecule has 0 aliphatic heterocycles. The summed E-state index contributed by atoms with van der Waals surface area (Å²) in [6.07, 6.45) is 2.35. The fourth-order valence-corrected chi connectivity index (χ4v) is 1.27. The predicted octanol–water partition coefficient (Wildman–Crippen LogP) is 1.75. The molecule has 3 nitrogen and oxygen atoms in total. The molecule has 2 rings (SSSR count). The highest BCUT2D eigenvalue weighted by molar-refractivity contribution is 5.94. The Kier molecular flexibility index (Phi) is 1.77. The summed E-state index contributed by atoms with van der Waals surface area (Å²) in [7, 11) is 0. The van der Waals surface area contributed by atoms with Crippen LogP contribution in [0.15, 0.2) is 24.4 Å². The molecular weight excluding hydrogens is 164 g/mol. The molecule has 0 saturated heterocycles. The van der Waals surface area contributed by atoms with Crippen LogP contribution in [0, 0.1) is 6.92 Å². The molecule has 0 aromatic carbocycles. The third kappa shape index (κ3) is 1.28. The summed E-state index contributed by atoms with van der Waals surface area (Å²) in [4.78, 5) is 18.8. The van der Waals surface area contributed by atoms with Gasteiger partial charge in [-0.15, -0.1) is 0 Å². The van der Waals surface area contributed by atoms with Crippen LogP contribution in [0.3, 0.4) is 0 Å². The Hall–Kier alpha value is -1.77. The van der Waals surface area contributed by atoms with Gasteiger partial charge < -0.3 is 0 Å². The van der Waals surface area contributed by atoms with Gasteiger partial charge in [0.25, 0.3) is 0 Å². The highest BCUT2D eigenvalue weighted by Gasteiger charge is 2.00. The lowest BCUT2D eigenvalue weighted by atomic mass is 10.2. The zero-order valence-electron chi connectivity index (χ0n) is 7.19. The van der Waals surface area contributed by atoms with Gasteiger partial charge in [-0.25, -0.2) is 0 Å². The van der Waals surface area contributed by atoms with Crippen LogP contribution in [0.5, 0.6) is 0 Å². The molecule has 0 N–H and O–H groups in total. The standard InChI is InChI=1S/C10H8N2O/c1-7-2-3-8-9(12-7)4-5-11-10(8)6-13/h2-6H,1H3. The molecule has 64 valence electrons. The number of aryl methyl sites for hydroxylation is 1. The van der Waals surface area contributed by atoms with Gasteiger partial charge in [0.05, 0.1) is 5.52 Å². The number of pyridine rings is 2. The van der Waals surface area contributed by atoms with Crippen LogP contribution in [0.4, 0.5) is 0 Å². The van der Waals surface area contributed by atoms with Crippen molar-refractivity contribution in [2.45, 2.75) is 6.92 Å². The summed E-state index contributed by atoms with van der Waals surface area (Å²) in [5.74, 6) is 0. The largest absolute Gasteiger partial charge is 0.296 e. The van der Waals surface area contributed by atoms with Crippen molar-refractivity contribution in [2.24, 2.45) is 0 Å². The van der Waals surface area contributed by atoms with Gasteiger partial charge in [-0.05, 0) is 25.1 Å². The second kappa shape index (κ2) is 2.94. The lowest BCUT2D eigenvalue weighted by molar-refractivity contribution is 0.112. The van der Waals surface area contributed by atoms with E-state index < -0.39 is 0 Å². The van der Waals surface area contributed by atoms with Gasteiger partial charge in [-0.2, -0.15) is 0 Å². The SMILES string of the molecule is Cc1ccc2c(C=O)nccc2n1. The Labute approximate surface area is 75.4 Å². The summed E-state index contributed by atoms with van der Waals surface area (Å²) >= 11 is 0. The molecule has 2 aromatic heterocycles. The maximum atomic E-state index is 10.6. The molecule has 3 heteroatoms. The highest BCUT2D eigenvalue weighted by atomic mass is 16.1. The number of carbonyl (C=O) groups excluding carboxylic acids is 1. The van der Waals surface area contributed by atoms with E-state index in [0.717, 1.165) is 22.9 Å². The predicted molar refractivity (Wildman–Crippen MR) is 49.7 cm³/mol. The zero-order valence-corrected chi connectivity index (χ0v) is 7.19. The fourth-order valence-electron chi connectivity index (χ4n) is 1.27. The van der Waals surface area contributed by atoms with Crippen molar-refractivity contribution in [1.82, 2.24) is 9.97 Å². The molecule has 0 spiro atoms. The molecule has 2 heterocycles. The number of carbonyl (C=O) groups is 1. The van der Waals surface area contributed by atoms with Gasteiger partial charge in [-0.1, -0.05) is 0 Å². The number of aromatic nitrogens is 2. The maximum Gasteiger partial charge on any atom is 0.169 e. The average Bonchev–Trinajstić information content (AvgIpc) is 2.16. The summed E-state index contributed by atoms with van der Waals surface area (Å²) < 4.78 is 0. The van der Waals surface area contributed by atoms with E-state index in [1.54, 1.807) is 12.3 Å². The van der Waals surface area contributed by atoms with Crippen LogP contribution in [0.1, 0.15) is 16.2 Å². The number of fused-ring (bicyclic) bond motifs is 1. The second-order valence-corrected chi connectivity index (χ2v) is 2.83. The summed E-state index contributed by atoms with van der Waals surface area (Å²) in [6, 6.07) is 5.54.